The zero-order chi connectivity index (χ0) is 20.0. The Bertz CT molecular complexity index is 811. The summed E-state index contributed by atoms with van der Waals surface area (Å²) in [5.74, 6) is 0.833. The second-order valence-electron chi connectivity index (χ2n) is 7.29. The molecule has 0 amide bonds. The molecule has 3 rings (SSSR count). The number of hydrogen-bond acceptors (Lipinski definition) is 4. The van der Waals surface area contributed by atoms with Gasteiger partial charge in [0.2, 0.25) is 0 Å². The van der Waals surface area contributed by atoms with Crippen molar-refractivity contribution < 1.29 is 0 Å². The molecule has 28 heavy (non-hydrogen) atoms. The molecule has 148 valence electrons. The number of nitrogens with zero attached hydrogens (tertiary/aromatic N) is 4. The maximum atomic E-state index is 6.07. The third-order valence-corrected chi connectivity index (χ3v) is 5.50. The number of hydrogen-bond donors (Lipinski definition) is 1. The van der Waals surface area contributed by atoms with Gasteiger partial charge in [0.05, 0.1) is 30.9 Å². The number of nitrogens with two attached hydrogens (primary N) is 1. The van der Waals surface area contributed by atoms with Crippen LogP contribution in [0.1, 0.15) is 31.9 Å². The van der Waals surface area contributed by atoms with Crippen LogP contribution in [-0.4, -0.2) is 54.3 Å². The van der Waals surface area contributed by atoms with Crippen molar-refractivity contribution in [2.45, 2.75) is 26.2 Å². The first-order valence-corrected chi connectivity index (χ1v) is 10.1. The van der Waals surface area contributed by atoms with E-state index in [0.29, 0.717) is 13.2 Å². The Morgan fingerprint density at radius 3 is 2.25 bits per heavy atom. The predicted molar refractivity (Wildman–Crippen MR) is 118 cm³/mol. The smallest absolute Gasteiger partial charge is 0.135 e. The predicted octanol–water partition coefficient (Wildman–Crippen LogP) is 3.32. The first-order valence-electron chi connectivity index (χ1n) is 10.1. The fourth-order valence-electron chi connectivity index (χ4n) is 3.65. The molecule has 0 radical (unpaired) electrons. The minimum Gasteiger partial charge on any atom is -0.324 e. The van der Waals surface area contributed by atoms with Gasteiger partial charge in [-0.2, -0.15) is 5.10 Å². The van der Waals surface area contributed by atoms with Gasteiger partial charge in [-0.05, 0) is 31.1 Å². The highest BCUT2D eigenvalue weighted by molar-refractivity contribution is 6.10. The van der Waals surface area contributed by atoms with Crippen LogP contribution in [0.5, 0.6) is 0 Å². The molecule has 1 aliphatic heterocycles. The Kier molecular flexibility index (Phi) is 6.60. The van der Waals surface area contributed by atoms with Crippen LogP contribution in [0.25, 0.3) is 0 Å². The molecule has 0 spiro atoms. The van der Waals surface area contributed by atoms with Crippen molar-refractivity contribution in [3.05, 3.63) is 71.8 Å². The van der Waals surface area contributed by atoms with Crippen molar-refractivity contribution in [2.75, 3.05) is 32.8 Å². The molecular formula is C23H31N5. The fourth-order valence-corrected chi connectivity index (χ4v) is 3.65. The summed E-state index contributed by atoms with van der Waals surface area (Å²) in [6, 6.07) is 21.0. The molecule has 2 aromatic carbocycles. The molecule has 1 atom stereocenters. The highest BCUT2D eigenvalue weighted by atomic mass is 15.5. The van der Waals surface area contributed by atoms with Gasteiger partial charge in [-0.25, -0.2) is 5.01 Å². The molecule has 2 N–H and O–H groups in total. The van der Waals surface area contributed by atoms with E-state index < -0.39 is 0 Å². The SMILES string of the molecule is CCN(CC)C/N=C(\CN)N1CC(C)(c2ccccc2)C(c2ccccc2)=N1. The van der Waals surface area contributed by atoms with Crippen LogP contribution >= 0.6 is 0 Å². The van der Waals surface area contributed by atoms with Gasteiger partial charge in [0, 0.05) is 0 Å². The highest BCUT2D eigenvalue weighted by Gasteiger charge is 2.41. The van der Waals surface area contributed by atoms with Gasteiger partial charge in [0.15, 0.2) is 0 Å². The van der Waals surface area contributed by atoms with Gasteiger partial charge in [0.1, 0.15) is 5.84 Å². The number of benzene rings is 2. The van der Waals surface area contributed by atoms with E-state index in [-0.39, 0.29) is 5.41 Å². The maximum Gasteiger partial charge on any atom is 0.135 e. The number of aliphatic imine (C=N–C) groups is 1. The molecule has 0 bridgehead atoms. The Labute approximate surface area is 168 Å². The minimum absolute atomic E-state index is 0.228. The van der Waals surface area contributed by atoms with Gasteiger partial charge >= 0.3 is 0 Å². The van der Waals surface area contributed by atoms with Gasteiger partial charge in [-0.1, -0.05) is 74.5 Å². The zero-order valence-electron chi connectivity index (χ0n) is 17.2. The number of rotatable bonds is 7. The summed E-state index contributed by atoms with van der Waals surface area (Å²) in [5, 5.41) is 7.01. The lowest BCUT2D eigenvalue weighted by Gasteiger charge is -2.28. The summed E-state index contributed by atoms with van der Waals surface area (Å²) in [4.78, 5) is 7.06. The molecule has 0 fully saturated rings. The molecule has 0 aromatic heterocycles. The van der Waals surface area contributed by atoms with Crippen LogP contribution in [-0.2, 0) is 5.41 Å². The monoisotopic (exact) mass is 377 g/mol. The van der Waals surface area contributed by atoms with E-state index in [9.17, 15) is 0 Å². The molecular weight excluding hydrogens is 346 g/mol. The van der Waals surface area contributed by atoms with Crippen molar-refractivity contribution in [1.29, 1.82) is 0 Å². The van der Waals surface area contributed by atoms with E-state index in [4.69, 9.17) is 15.8 Å². The number of amidine groups is 1. The molecule has 5 nitrogen and oxygen atoms in total. The molecule has 0 saturated carbocycles. The summed E-state index contributed by atoms with van der Waals surface area (Å²) >= 11 is 0. The lowest BCUT2D eigenvalue weighted by Crippen LogP contribution is -2.39. The maximum absolute atomic E-state index is 6.07. The molecule has 0 aliphatic carbocycles. The second kappa shape index (κ2) is 9.13. The molecule has 1 aliphatic rings. The third-order valence-electron chi connectivity index (χ3n) is 5.50. The van der Waals surface area contributed by atoms with Crippen molar-refractivity contribution in [1.82, 2.24) is 9.91 Å². The normalized spacial score (nSPS) is 20.0. The van der Waals surface area contributed by atoms with E-state index in [0.717, 1.165) is 36.7 Å². The van der Waals surface area contributed by atoms with E-state index in [2.05, 4.69) is 80.3 Å². The van der Waals surface area contributed by atoms with Crippen LogP contribution in [0.4, 0.5) is 0 Å². The van der Waals surface area contributed by atoms with E-state index in [1.165, 1.54) is 5.56 Å². The number of hydrazone groups is 1. The lowest BCUT2D eigenvalue weighted by molar-refractivity contribution is 0.311. The highest BCUT2D eigenvalue weighted by Crippen LogP contribution is 2.35. The summed E-state index contributed by atoms with van der Waals surface area (Å²) < 4.78 is 0. The van der Waals surface area contributed by atoms with Crippen molar-refractivity contribution in [3.63, 3.8) is 0 Å². The molecule has 0 saturated heterocycles. The van der Waals surface area contributed by atoms with Crippen molar-refractivity contribution in [3.8, 4) is 0 Å². The van der Waals surface area contributed by atoms with Crippen LogP contribution in [0.15, 0.2) is 70.8 Å². The van der Waals surface area contributed by atoms with E-state index >= 15 is 0 Å². The van der Waals surface area contributed by atoms with Crippen molar-refractivity contribution >= 4 is 11.5 Å². The minimum atomic E-state index is -0.228. The van der Waals surface area contributed by atoms with E-state index in [1.54, 1.807) is 0 Å². The first kappa shape index (κ1) is 20.2. The van der Waals surface area contributed by atoms with Crippen LogP contribution in [0.2, 0.25) is 0 Å². The van der Waals surface area contributed by atoms with Crippen LogP contribution in [0.3, 0.4) is 0 Å². The second-order valence-corrected chi connectivity index (χ2v) is 7.29. The average Bonchev–Trinajstić information content (AvgIpc) is 3.11. The fraction of sp³-hybridized carbons (Fsp3) is 0.391. The quantitative estimate of drug-likeness (QED) is 0.595. The van der Waals surface area contributed by atoms with E-state index in [1.807, 2.05) is 11.1 Å². The van der Waals surface area contributed by atoms with Crippen LogP contribution in [0, 0.1) is 0 Å². The average molecular weight is 378 g/mol. The summed E-state index contributed by atoms with van der Waals surface area (Å²) in [6.07, 6.45) is 0. The van der Waals surface area contributed by atoms with Crippen LogP contribution < -0.4 is 5.73 Å². The van der Waals surface area contributed by atoms with Gasteiger partial charge in [0.25, 0.3) is 0 Å². The van der Waals surface area contributed by atoms with Gasteiger partial charge in [-0.3, -0.25) is 9.89 Å². The molecule has 1 unspecified atom stereocenters. The topological polar surface area (TPSA) is 57.2 Å². The van der Waals surface area contributed by atoms with Crippen molar-refractivity contribution in [2.24, 2.45) is 15.8 Å². The molecule has 5 heteroatoms. The Balaban J connectivity index is 1.98. The zero-order valence-corrected chi connectivity index (χ0v) is 17.2. The van der Waals surface area contributed by atoms with Gasteiger partial charge < -0.3 is 5.73 Å². The third kappa shape index (κ3) is 4.16. The summed E-state index contributed by atoms with van der Waals surface area (Å²) in [6.45, 7) is 10.2. The summed E-state index contributed by atoms with van der Waals surface area (Å²) in [7, 11) is 0. The Morgan fingerprint density at radius 2 is 1.68 bits per heavy atom. The summed E-state index contributed by atoms with van der Waals surface area (Å²) in [5.41, 5.74) is 9.29. The lowest BCUT2D eigenvalue weighted by atomic mass is 9.76. The first-order chi connectivity index (χ1) is 13.6. The Hall–Kier alpha value is -2.50. The molecule has 1 heterocycles. The van der Waals surface area contributed by atoms with Gasteiger partial charge in [-0.15, -0.1) is 0 Å². The standard InChI is InChI=1S/C23H31N5/c1-4-27(5-2)18-25-21(16-24)28-17-23(3,20-14-10-7-11-15-20)22(26-28)19-12-8-6-9-13-19/h6-15H,4-5,16-18,24H2,1-3H3/b25-21+. The largest absolute Gasteiger partial charge is 0.324 e. The Morgan fingerprint density at radius 1 is 1.07 bits per heavy atom. The molecule has 2 aromatic rings.